The predicted molar refractivity (Wildman–Crippen MR) is 71.4 cm³/mol. The average Bonchev–Trinajstić information content (AvgIpc) is 2.27. The topological polar surface area (TPSA) is 77.2 Å². The van der Waals surface area contributed by atoms with Crippen molar-refractivity contribution in [2.45, 2.75) is 32.7 Å². The molecule has 1 aromatic rings. The molecule has 0 spiro atoms. The number of methoxy groups -OCH3 is 1. The molecule has 0 aromatic carbocycles. The van der Waals surface area contributed by atoms with Crippen molar-refractivity contribution in [1.82, 2.24) is 10.3 Å². The molecule has 0 aliphatic heterocycles. The van der Waals surface area contributed by atoms with Gasteiger partial charge in [0.2, 0.25) is 0 Å². The molecule has 5 nitrogen and oxygen atoms in total. The quantitative estimate of drug-likeness (QED) is 0.828. The summed E-state index contributed by atoms with van der Waals surface area (Å²) < 4.78 is 5.06. The van der Waals surface area contributed by atoms with E-state index in [-0.39, 0.29) is 5.91 Å². The number of nitrogen functional groups attached to an aromatic ring is 1. The Morgan fingerprint density at radius 2 is 2.17 bits per heavy atom. The minimum absolute atomic E-state index is 0.166. The molecule has 18 heavy (non-hydrogen) atoms. The number of nitrogens with zero attached hydrogens (tertiary/aromatic N) is 1. The summed E-state index contributed by atoms with van der Waals surface area (Å²) in [6, 6.07) is 3.34. The number of rotatable bonds is 5. The van der Waals surface area contributed by atoms with Gasteiger partial charge < -0.3 is 15.8 Å². The Labute approximate surface area is 108 Å². The molecule has 0 atom stereocenters. The molecule has 5 heteroatoms. The van der Waals surface area contributed by atoms with Crippen LogP contribution in [0.1, 0.15) is 36.8 Å². The number of hydrogen-bond acceptors (Lipinski definition) is 4. The number of pyridine rings is 1. The molecule has 3 N–H and O–H groups in total. The molecule has 100 valence electrons. The first kappa shape index (κ1) is 14.4. The van der Waals surface area contributed by atoms with Crippen LogP contribution in [-0.2, 0) is 11.2 Å². The molecule has 0 aliphatic rings. The van der Waals surface area contributed by atoms with Gasteiger partial charge in [-0.25, -0.2) is 4.98 Å². The highest BCUT2D eigenvalue weighted by atomic mass is 16.5. The fourth-order valence-corrected chi connectivity index (χ4v) is 1.70. The highest BCUT2D eigenvalue weighted by molar-refractivity contribution is 5.95. The molecule has 1 amide bonds. The summed E-state index contributed by atoms with van der Waals surface area (Å²) in [7, 11) is 1.60. The second kappa shape index (κ2) is 5.82. The van der Waals surface area contributed by atoms with Crippen molar-refractivity contribution in [2.24, 2.45) is 0 Å². The second-order valence-corrected chi connectivity index (χ2v) is 4.90. The standard InChI is InChI=1S/C13H21N3O2/c1-5-10-6-9(7-11(14)15-10)12(17)16-13(2,3)8-18-4/h6-7H,5,8H2,1-4H3,(H2,14,15)(H,16,17). The van der Waals surface area contributed by atoms with Crippen LogP contribution in [0.4, 0.5) is 5.82 Å². The van der Waals surface area contributed by atoms with Crippen molar-refractivity contribution < 1.29 is 9.53 Å². The van der Waals surface area contributed by atoms with Crippen LogP contribution in [0, 0.1) is 0 Å². The van der Waals surface area contributed by atoms with Crippen molar-refractivity contribution in [2.75, 3.05) is 19.5 Å². The van der Waals surface area contributed by atoms with E-state index in [9.17, 15) is 4.79 Å². The van der Waals surface area contributed by atoms with Gasteiger partial charge in [-0.05, 0) is 32.4 Å². The molecule has 0 saturated carbocycles. The summed E-state index contributed by atoms with van der Waals surface area (Å²) in [6.07, 6.45) is 0.743. The summed E-state index contributed by atoms with van der Waals surface area (Å²) in [5.41, 5.74) is 6.60. The Kier molecular flexibility index (Phi) is 4.67. The first-order valence-electron chi connectivity index (χ1n) is 5.96. The Hall–Kier alpha value is -1.62. The molecule has 0 unspecified atom stereocenters. The number of carbonyl (C=O) groups excluding carboxylic acids is 1. The predicted octanol–water partition coefficient (Wildman–Crippen LogP) is 1.38. The third kappa shape index (κ3) is 4.00. The number of aryl methyl sites for hydroxylation is 1. The van der Waals surface area contributed by atoms with Crippen LogP contribution in [0.25, 0.3) is 0 Å². The largest absolute Gasteiger partial charge is 0.384 e. The van der Waals surface area contributed by atoms with E-state index in [0.717, 1.165) is 12.1 Å². The first-order chi connectivity index (χ1) is 8.38. The van der Waals surface area contributed by atoms with Gasteiger partial charge in [0.15, 0.2) is 0 Å². The molecular weight excluding hydrogens is 230 g/mol. The Bertz CT molecular complexity index is 430. The van der Waals surface area contributed by atoms with E-state index in [1.807, 2.05) is 20.8 Å². The summed E-state index contributed by atoms with van der Waals surface area (Å²) in [6.45, 7) is 6.22. The van der Waals surface area contributed by atoms with Gasteiger partial charge in [0.05, 0.1) is 12.1 Å². The van der Waals surface area contributed by atoms with E-state index in [1.165, 1.54) is 0 Å². The molecular formula is C13H21N3O2. The van der Waals surface area contributed by atoms with Crippen LogP contribution < -0.4 is 11.1 Å². The van der Waals surface area contributed by atoms with E-state index in [0.29, 0.717) is 18.0 Å². The molecule has 0 saturated heterocycles. The average molecular weight is 251 g/mol. The van der Waals surface area contributed by atoms with E-state index in [4.69, 9.17) is 10.5 Å². The lowest BCUT2D eigenvalue weighted by Crippen LogP contribution is -2.46. The fraction of sp³-hybridized carbons (Fsp3) is 0.538. The summed E-state index contributed by atoms with van der Waals surface area (Å²) >= 11 is 0. The maximum atomic E-state index is 12.1. The van der Waals surface area contributed by atoms with E-state index in [1.54, 1.807) is 19.2 Å². The van der Waals surface area contributed by atoms with Crippen molar-refractivity contribution in [1.29, 1.82) is 0 Å². The number of aromatic nitrogens is 1. The maximum absolute atomic E-state index is 12.1. The van der Waals surface area contributed by atoms with Crippen molar-refractivity contribution in [3.63, 3.8) is 0 Å². The number of anilines is 1. The highest BCUT2D eigenvalue weighted by Gasteiger charge is 2.21. The van der Waals surface area contributed by atoms with E-state index >= 15 is 0 Å². The van der Waals surface area contributed by atoms with Crippen LogP contribution in [-0.4, -0.2) is 30.1 Å². The van der Waals surface area contributed by atoms with Gasteiger partial charge in [0.25, 0.3) is 5.91 Å². The molecule has 1 aromatic heterocycles. The molecule has 0 bridgehead atoms. The molecule has 0 fully saturated rings. The number of hydrogen-bond donors (Lipinski definition) is 2. The first-order valence-corrected chi connectivity index (χ1v) is 5.96. The minimum atomic E-state index is -0.420. The summed E-state index contributed by atoms with van der Waals surface area (Å²) in [5.74, 6) is 0.199. The molecule has 0 aliphatic carbocycles. The van der Waals surface area contributed by atoms with Crippen molar-refractivity contribution in [3.05, 3.63) is 23.4 Å². The van der Waals surface area contributed by atoms with Crippen LogP contribution in [0.3, 0.4) is 0 Å². The van der Waals surface area contributed by atoms with Gasteiger partial charge in [0, 0.05) is 18.4 Å². The monoisotopic (exact) mass is 251 g/mol. The molecule has 1 heterocycles. The minimum Gasteiger partial charge on any atom is -0.384 e. The van der Waals surface area contributed by atoms with Gasteiger partial charge in [-0.2, -0.15) is 0 Å². The van der Waals surface area contributed by atoms with E-state index < -0.39 is 5.54 Å². The third-order valence-corrected chi connectivity index (χ3v) is 2.48. The Balaban J connectivity index is 2.87. The summed E-state index contributed by atoms with van der Waals surface area (Å²) in [5, 5.41) is 2.90. The third-order valence-electron chi connectivity index (χ3n) is 2.48. The number of nitrogens with two attached hydrogens (primary N) is 1. The van der Waals surface area contributed by atoms with Gasteiger partial charge in [-0.3, -0.25) is 4.79 Å². The number of amides is 1. The second-order valence-electron chi connectivity index (χ2n) is 4.90. The number of carbonyl (C=O) groups is 1. The van der Waals surface area contributed by atoms with Crippen LogP contribution >= 0.6 is 0 Å². The normalized spacial score (nSPS) is 11.3. The van der Waals surface area contributed by atoms with Gasteiger partial charge in [0.1, 0.15) is 5.82 Å². The zero-order chi connectivity index (χ0) is 13.8. The van der Waals surface area contributed by atoms with Gasteiger partial charge in [-0.15, -0.1) is 0 Å². The van der Waals surface area contributed by atoms with Crippen molar-refractivity contribution >= 4 is 11.7 Å². The van der Waals surface area contributed by atoms with Crippen molar-refractivity contribution in [3.8, 4) is 0 Å². The smallest absolute Gasteiger partial charge is 0.251 e. The van der Waals surface area contributed by atoms with Gasteiger partial charge in [-0.1, -0.05) is 6.92 Å². The summed E-state index contributed by atoms with van der Waals surface area (Å²) in [4.78, 5) is 16.2. The van der Waals surface area contributed by atoms with Crippen LogP contribution in [0.5, 0.6) is 0 Å². The maximum Gasteiger partial charge on any atom is 0.251 e. The molecule has 0 radical (unpaired) electrons. The Morgan fingerprint density at radius 3 is 2.72 bits per heavy atom. The highest BCUT2D eigenvalue weighted by Crippen LogP contribution is 2.11. The van der Waals surface area contributed by atoms with Crippen LogP contribution in [0.2, 0.25) is 0 Å². The van der Waals surface area contributed by atoms with Gasteiger partial charge >= 0.3 is 0 Å². The lowest BCUT2D eigenvalue weighted by molar-refractivity contribution is 0.0820. The van der Waals surface area contributed by atoms with Crippen LogP contribution in [0.15, 0.2) is 12.1 Å². The molecule has 1 rings (SSSR count). The Morgan fingerprint density at radius 1 is 1.50 bits per heavy atom. The SMILES string of the molecule is CCc1cc(C(=O)NC(C)(C)COC)cc(N)n1. The number of ether oxygens (including phenoxy) is 1. The van der Waals surface area contributed by atoms with E-state index in [2.05, 4.69) is 10.3 Å². The lowest BCUT2D eigenvalue weighted by atomic mass is 10.1. The number of nitrogens with one attached hydrogen (secondary N) is 1. The zero-order valence-electron chi connectivity index (χ0n) is 11.4. The fourth-order valence-electron chi connectivity index (χ4n) is 1.70. The lowest BCUT2D eigenvalue weighted by Gasteiger charge is -2.25. The zero-order valence-corrected chi connectivity index (χ0v) is 11.4.